The smallest absolute Gasteiger partial charge is 0.00194 e. The predicted octanol–water partition coefficient (Wildman–Crippen LogP) is 4.82. The van der Waals surface area contributed by atoms with Crippen LogP contribution < -0.4 is 0 Å². The highest BCUT2D eigenvalue weighted by molar-refractivity contribution is 4.63. The molecule has 17 heavy (non-hydrogen) atoms. The van der Waals surface area contributed by atoms with Crippen LogP contribution in [0, 0.1) is 17.8 Å². The molecule has 0 N–H and O–H groups in total. The van der Waals surface area contributed by atoms with Gasteiger partial charge in [0.2, 0.25) is 0 Å². The molecule has 0 aliphatic rings. The molecule has 0 fully saturated rings. The summed E-state index contributed by atoms with van der Waals surface area (Å²) < 4.78 is 0. The molecule has 0 aliphatic heterocycles. The van der Waals surface area contributed by atoms with E-state index in [1.807, 2.05) is 0 Å². The fourth-order valence-electron chi connectivity index (χ4n) is 2.22. The van der Waals surface area contributed by atoms with E-state index in [9.17, 15) is 0 Å². The van der Waals surface area contributed by atoms with E-state index in [1.165, 1.54) is 45.2 Å². The largest absolute Gasteiger partial charge is 0.307 e. The Labute approximate surface area is 110 Å². The van der Waals surface area contributed by atoms with E-state index in [4.69, 9.17) is 0 Å². The zero-order valence-electron chi connectivity index (χ0n) is 13.1. The molecule has 3 atom stereocenters. The first-order chi connectivity index (χ1) is 8.01. The van der Waals surface area contributed by atoms with Crippen molar-refractivity contribution in [1.29, 1.82) is 0 Å². The standard InChI is InChI=1S/C16H35N/c1-7-15(4)16(5)11-9-10-14(3)12-13-17(6)8-2/h14-16H,7-13H2,1-6H3. The first-order valence-electron chi connectivity index (χ1n) is 7.69. The van der Waals surface area contributed by atoms with Crippen LogP contribution in [0.15, 0.2) is 0 Å². The fourth-order valence-corrected chi connectivity index (χ4v) is 2.22. The molecule has 0 heterocycles. The van der Waals surface area contributed by atoms with E-state index in [-0.39, 0.29) is 0 Å². The summed E-state index contributed by atoms with van der Waals surface area (Å²) in [5, 5.41) is 0. The molecule has 0 aromatic carbocycles. The molecule has 1 nitrogen and oxygen atoms in total. The van der Waals surface area contributed by atoms with Gasteiger partial charge in [-0.05, 0) is 44.3 Å². The maximum absolute atomic E-state index is 2.42. The summed E-state index contributed by atoms with van der Waals surface area (Å²) >= 11 is 0. The van der Waals surface area contributed by atoms with E-state index in [0.717, 1.165) is 17.8 Å². The highest BCUT2D eigenvalue weighted by atomic mass is 15.1. The fraction of sp³-hybridized carbons (Fsp3) is 1.00. The van der Waals surface area contributed by atoms with Gasteiger partial charge < -0.3 is 4.90 Å². The Balaban J connectivity index is 3.53. The lowest BCUT2D eigenvalue weighted by Gasteiger charge is -2.20. The third-order valence-corrected chi connectivity index (χ3v) is 4.52. The highest BCUT2D eigenvalue weighted by Crippen LogP contribution is 2.22. The van der Waals surface area contributed by atoms with Gasteiger partial charge in [0.1, 0.15) is 0 Å². The van der Waals surface area contributed by atoms with Crippen LogP contribution in [0.3, 0.4) is 0 Å². The molecule has 0 spiro atoms. The third kappa shape index (κ3) is 8.65. The molecule has 0 saturated carbocycles. The minimum Gasteiger partial charge on any atom is -0.307 e. The summed E-state index contributed by atoms with van der Waals surface area (Å²) in [7, 11) is 2.22. The number of hydrogen-bond donors (Lipinski definition) is 0. The topological polar surface area (TPSA) is 3.24 Å². The van der Waals surface area contributed by atoms with Gasteiger partial charge in [0.25, 0.3) is 0 Å². The van der Waals surface area contributed by atoms with E-state index in [1.54, 1.807) is 0 Å². The average Bonchev–Trinajstić information content (AvgIpc) is 2.34. The summed E-state index contributed by atoms with van der Waals surface area (Å²) in [5.41, 5.74) is 0. The maximum Gasteiger partial charge on any atom is -0.00194 e. The second-order valence-electron chi connectivity index (χ2n) is 6.08. The normalized spacial score (nSPS) is 17.1. The lowest BCUT2D eigenvalue weighted by Crippen LogP contribution is -2.20. The molecular weight excluding hydrogens is 206 g/mol. The molecule has 1 heteroatoms. The van der Waals surface area contributed by atoms with Crippen molar-refractivity contribution in [2.75, 3.05) is 20.1 Å². The van der Waals surface area contributed by atoms with Crippen LogP contribution in [0.5, 0.6) is 0 Å². The average molecular weight is 241 g/mol. The van der Waals surface area contributed by atoms with Gasteiger partial charge in [-0.1, -0.05) is 60.3 Å². The summed E-state index contributed by atoms with van der Waals surface area (Å²) in [5.74, 6) is 2.70. The molecular formula is C16H35N. The molecule has 0 aliphatic carbocycles. The van der Waals surface area contributed by atoms with Gasteiger partial charge in [0.15, 0.2) is 0 Å². The maximum atomic E-state index is 2.42. The molecule has 0 amide bonds. The van der Waals surface area contributed by atoms with Crippen LogP contribution in [-0.4, -0.2) is 25.0 Å². The molecule has 0 rings (SSSR count). The van der Waals surface area contributed by atoms with Gasteiger partial charge in [-0.15, -0.1) is 0 Å². The molecule has 0 radical (unpaired) electrons. The minimum absolute atomic E-state index is 0.896. The van der Waals surface area contributed by atoms with Gasteiger partial charge in [0.05, 0.1) is 0 Å². The van der Waals surface area contributed by atoms with E-state index >= 15 is 0 Å². The summed E-state index contributed by atoms with van der Waals surface area (Å²) in [6.45, 7) is 14.2. The number of rotatable bonds is 10. The van der Waals surface area contributed by atoms with E-state index in [2.05, 4.69) is 46.6 Å². The SMILES string of the molecule is CCC(C)C(C)CCCC(C)CCN(C)CC. The van der Waals surface area contributed by atoms with Crippen molar-refractivity contribution < 1.29 is 0 Å². The van der Waals surface area contributed by atoms with Gasteiger partial charge in [-0.2, -0.15) is 0 Å². The molecule has 3 unspecified atom stereocenters. The van der Waals surface area contributed by atoms with Crippen LogP contribution in [0.2, 0.25) is 0 Å². The first-order valence-corrected chi connectivity index (χ1v) is 7.69. The van der Waals surface area contributed by atoms with Gasteiger partial charge >= 0.3 is 0 Å². The van der Waals surface area contributed by atoms with Crippen LogP contribution in [0.25, 0.3) is 0 Å². The molecule has 0 bridgehead atoms. The van der Waals surface area contributed by atoms with E-state index < -0.39 is 0 Å². The predicted molar refractivity (Wildman–Crippen MR) is 79.4 cm³/mol. The second-order valence-corrected chi connectivity index (χ2v) is 6.08. The van der Waals surface area contributed by atoms with Gasteiger partial charge in [0, 0.05) is 0 Å². The van der Waals surface area contributed by atoms with Crippen molar-refractivity contribution >= 4 is 0 Å². The van der Waals surface area contributed by atoms with Crippen molar-refractivity contribution in [3.8, 4) is 0 Å². The summed E-state index contributed by atoms with van der Waals surface area (Å²) in [6.07, 6.45) is 6.95. The number of nitrogens with zero attached hydrogens (tertiary/aromatic N) is 1. The lowest BCUT2D eigenvalue weighted by molar-refractivity contribution is 0.298. The van der Waals surface area contributed by atoms with Crippen LogP contribution >= 0.6 is 0 Å². The van der Waals surface area contributed by atoms with Crippen LogP contribution in [-0.2, 0) is 0 Å². The first kappa shape index (κ1) is 17.0. The van der Waals surface area contributed by atoms with Crippen LogP contribution in [0.1, 0.15) is 66.7 Å². The van der Waals surface area contributed by atoms with Crippen molar-refractivity contribution in [3.05, 3.63) is 0 Å². The summed E-state index contributed by atoms with van der Waals surface area (Å²) in [6, 6.07) is 0. The van der Waals surface area contributed by atoms with Crippen molar-refractivity contribution in [3.63, 3.8) is 0 Å². The Hall–Kier alpha value is -0.0400. The van der Waals surface area contributed by atoms with Crippen molar-refractivity contribution in [2.45, 2.75) is 66.7 Å². The molecule has 0 aromatic heterocycles. The van der Waals surface area contributed by atoms with Gasteiger partial charge in [-0.25, -0.2) is 0 Å². The molecule has 0 saturated heterocycles. The van der Waals surface area contributed by atoms with Gasteiger partial charge in [-0.3, -0.25) is 0 Å². The second kappa shape index (κ2) is 9.94. The Morgan fingerprint density at radius 3 is 2.06 bits per heavy atom. The van der Waals surface area contributed by atoms with E-state index in [0.29, 0.717) is 0 Å². The summed E-state index contributed by atoms with van der Waals surface area (Å²) in [4.78, 5) is 2.41. The molecule has 0 aromatic rings. The zero-order chi connectivity index (χ0) is 13.3. The Morgan fingerprint density at radius 1 is 0.882 bits per heavy atom. The minimum atomic E-state index is 0.896. The Kier molecular flexibility index (Phi) is 9.91. The highest BCUT2D eigenvalue weighted by Gasteiger charge is 2.11. The van der Waals surface area contributed by atoms with Crippen molar-refractivity contribution in [2.24, 2.45) is 17.8 Å². The van der Waals surface area contributed by atoms with Crippen molar-refractivity contribution in [1.82, 2.24) is 4.90 Å². The van der Waals surface area contributed by atoms with Crippen LogP contribution in [0.4, 0.5) is 0 Å². The quantitative estimate of drug-likeness (QED) is 0.530. The lowest BCUT2D eigenvalue weighted by atomic mass is 9.87. The number of hydrogen-bond acceptors (Lipinski definition) is 1. The molecule has 104 valence electrons. The zero-order valence-corrected chi connectivity index (χ0v) is 13.1. The monoisotopic (exact) mass is 241 g/mol. The Morgan fingerprint density at radius 2 is 1.53 bits per heavy atom. The third-order valence-electron chi connectivity index (χ3n) is 4.52. The Bertz CT molecular complexity index is 167.